The van der Waals surface area contributed by atoms with Crippen molar-refractivity contribution in [2.45, 2.75) is 32.7 Å². The van der Waals surface area contributed by atoms with Gasteiger partial charge in [-0.05, 0) is 55.3 Å². The van der Waals surface area contributed by atoms with Crippen molar-refractivity contribution in [1.82, 2.24) is 9.78 Å². The molecule has 8 heteroatoms. The fourth-order valence-corrected chi connectivity index (χ4v) is 3.84. The third-order valence-electron chi connectivity index (χ3n) is 5.85. The average Bonchev–Trinajstić information content (AvgIpc) is 3.49. The number of rotatable bonds is 7. The van der Waals surface area contributed by atoms with Gasteiger partial charge in [-0.3, -0.25) is 19.1 Å². The van der Waals surface area contributed by atoms with Crippen LogP contribution in [0.5, 0.6) is 0 Å². The molecule has 0 spiro atoms. The molecule has 1 aliphatic heterocycles. The predicted molar refractivity (Wildman–Crippen MR) is 127 cm³/mol. The highest BCUT2D eigenvalue weighted by Crippen LogP contribution is 2.27. The van der Waals surface area contributed by atoms with Crippen LogP contribution >= 0.6 is 0 Å². The second-order valence-electron chi connectivity index (χ2n) is 8.15. The molecule has 170 valence electrons. The van der Waals surface area contributed by atoms with Crippen LogP contribution in [0.4, 0.5) is 17.1 Å². The van der Waals surface area contributed by atoms with Gasteiger partial charge in [0.1, 0.15) is 6.04 Å². The lowest BCUT2D eigenvalue weighted by molar-refractivity contribution is -0.122. The molecule has 2 aromatic carbocycles. The maximum atomic E-state index is 12.8. The van der Waals surface area contributed by atoms with E-state index in [0.29, 0.717) is 17.9 Å². The summed E-state index contributed by atoms with van der Waals surface area (Å²) < 4.78 is 1.57. The standard InChI is InChI=1S/C25H27N5O3/c1-3-18-8-10-22(11-9-18)29-16-19(14-23(29)31)25(33)28-21-7-4-6-20(15-21)27-24(32)17(2)30-13-5-12-26-30/h4-13,15,17,19H,3,14,16H2,1-2H3,(H,27,32)(H,28,33). The van der Waals surface area contributed by atoms with Gasteiger partial charge in [-0.15, -0.1) is 0 Å². The van der Waals surface area contributed by atoms with E-state index in [2.05, 4.69) is 22.7 Å². The number of anilines is 3. The van der Waals surface area contributed by atoms with Gasteiger partial charge in [0.25, 0.3) is 0 Å². The van der Waals surface area contributed by atoms with Gasteiger partial charge >= 0.3 is 0 Å². The van der Waals surface area contributed by atoms with Crippen molar-refractivity contribution in [3.8, 4) is 0 Å². The number of nitrogens with one attached hydrogen (secondary N) is 2. The van der Waals surface area contributed by atoms with Crippen LogP contribution in [0.2, 0.25) is 0 Å². The second-order valence-corrected chi connectivity index (χ2v) is 8.15. The Balaban J connectivity index is 1.37. The van der Waals surface area contributed by atoms with Crippen LogP contribution in [0.15, 0.2) is 67.0 Å². The van der Waals surface area contributed by atoms with Crippen molar-refractivity contribution in [3.05, 3.63) is 72.6 Å². The first-order valence-corrected chi connectivity index (χ1v) is 11.0. The van der Waals surface area contributed by atoms with Crippen LogP contribution in [0.1, 0.15) is 31.9 Å². The minimum Gasteiger partial charge on any atom is -0.326 e. The van der Waals surface area contributed by atoms with Crippen LogP contribution in [-0.4, -0.2) is 34.0 Å². The van der Waals surface area contributed by atoms with E-state index in [1.54, 1.807) is 59.2 Å². The Bertz CT molecular complexity index is 1140. The minimum absolute atomic E-state index is 0.0620. The van der Waals surface area contributed by atoms with E-state index in [1.165, 1.54) is 5.56 Å². The Morgan fingerprint density at radius 1 is 1.09 bits per heavy atom. The van der Waals surface area contributed by atoms with Crippen molar-refractivity contribution in [2.24, 2.45) is 5.92 Å². The summed E-state index contributed by atoms with van der Waals surface area (Å²) in [4.78, 5) is 39.5. The van der Waals surface area contributed by atoms with Gasteiger partial charge < -0.3 is 15.5 Å². The van der Waals surface area contributed by atoms with Gasteiger partial charge in [-0.1, -0.05) is 25.1 Å². The van der Waals surface area contributed by atoms with E-state index in [4.69, 9.17) is 0 Å². The second kappa shape index (κ2) is 9.68. The van der Waals surface area contributed by atoms with E-state index in [0.717, 1.165) is 12.1 Å². The van der Waals surface area contributed by atoms with Gasteiger partial charge in [0.15, 0.2) is 0 Å². The largest absolute Gasteiger partial charge is 0.326 e. The highest BCUT2D eigenvalue weighted by Gasteiger charge is 2.35. The summed E-state index contributed by atoms with van der Waals surface area (Å²) in [5.41, 5.74) is 3.13. The summed E-state index contributed by atoms with van der Waals surface area (Å²) in [6.07, 6.45) is 4.44. The van der Waals surface area contributed by atoms with E-state index in [1.807, 2.05) is 24.3 Å². The molecule has 0 bridgehead atoms. The van der Waals surface area contributed by atoms with E-state index >= 15 is 0 Å². The van der Waals surface area contributed by atoms with Gasteiger partial charge in [-0.25, -0.2) is 0 Å². The molecule has 1 aromatic heterocycles. The zero-order valence-electron chi connectivity index (χ0n) is 18.7. The average molecular weight is 446 g/mol. The van der Waals surface area contributed by atoms with E-state index in [9.17, 15) is 14.4 Å². The molecular formula is C25H27N5O3. The summed E-state index contributed by atoms with van der Waals surface area (Å²) in [6, 6.07) is 16.1. The van der Waals surface area contributed by atoms with Crippen LogP contribution in [0.3, 0.4) is 0 Å². The molecule has 2 atom stereocenters. The third-order valence-corrected chi connectivity index (χ3v) is 5.85. The quantitative estimate of drug-likeness (QED) is 0.580. The maximum absolute atomic E-state index is 12.8. The maximum Gasteiger partial charge on any atom is 0.248 e. The van der Waals surface area contributed by atoms with Crippen LogP contribution < -0.4 is 15.5 Å². The molecular weight excluding hydrogens is 418 g/mol. The van der Waals surface area contributed by atoms with Gasteiger partial charge in [0.2, 0.25) is 17.7 Å². The summed E-state index contributed by atoms with van der Waals surface area (Å²) in [5, 5.41) is 9.81. The smallest absolute Gasteiger partial charge is 0.248 e. The number of carbonyl (C=O) groups is 3. The molecule has 1 aliphatic rings. The molecule has 4 rings (SSSR count). The van der Waals surface area contributed by atoms with E-state index in [-0.39, 0.29) is 24.1 Å². The Labute approximate surface area is 192 Å². The Morgan fingerprint density at radius 3 is 2.48 bits per heavy atom. The molecule has 1 fully saturated rings. The van der Waals surface area contributed by atoms with Crippen molar-refractivity contribution < 1.29 is 14.4 Å². The molecule has 2 unspecified atom stereocenters. The van der Waals surface area contributed by atoms with Crippen LogP contribution in [0.25, 0.3) is 0 Å². The zero-order chi connectivity index (χ0) is 23.4. The number of aryl methyl sites for hydroxylation is 1. The number of hydrogen-bond acceptors (Lipinski definition) is 4. The highest BCUT2D eigenvalue weighted by molar-refractivity contribution is 6.03. The van der Waals surface area contributed by atoms with Crippen molar-refractivity contribution in [1.29, 1.82) is 0 Å². The summed E-state index contributed by atoms with van der Waals surface area (Å²) >= 11 is 0. The SMILES string of the molecule is CCc1ccc(N2CC(C(=O)Nc3cccc(NC(=O)C(C)n4cccn4)c3)CC2=O)cc1. The number of amides is 3. The first-order chi connectivity index (χ1) is 15.9. The molecule has 2 heterocycles. The van der Waals surface area contributed by atoms with Gasteiger partial charge in [0, 0.05) is 42.4 Å². The summed E-state index contributed by atoms with van der Waals surface area (Å²) in [6.45, 7) is 4.18. The van der Waals surface area contributed by atoms with Crippen molar-refractivity contribution in [2.75, 3.05) is 22.1 Å². The summed E-state index contributed by atoms with van der Waals surface area (Å²) in [7, 11) is 0. The van der Waals surface area contributed by atoms with E-state index < -0.39 is 12.0 Å². The fourth-order valence-electron chi connectivity index (χ4n) is 3.84. The Morgan fingerprint density at radius 2 is 1.82 bits per heavy atom. The third kappa shape index (κ3) is 5.11. The van der Waals surface area contributed by atoms with Crippen LogP contribution in [-0.2, 0) is 20.8 Å². The molecule has 33 heavy (non-hydrogen) atoms. The monoisotopic (exact) mass is 445 g/mol. The molecule has 0 aliphatic carbocycles. The summed E-state index contributed by atoms with van der Waals surface area (Å²) in [5.74, 6) is -0.938. The normalized spacial score (nSPS) is 16.5. The minimum atomic E-state index is -0.472. The molecule has 3 amide bonds. The van der Waals surface area contributed by atoms with Crippen molar-refractivity contribution in [3.63, 3.8) is 0 Å². The first kappa shape index (κ1) is 22.3. The first-order valence-electron chi connectivity index (χ1n) is 11.0. The van der Waals surface area contributed by atoms with Crippen LogP contribution in [0, 0.1) is 5.92 Å². The number of aromatic nitrogens is 2. The number of benzene rings is 2. The molecule has 8 nitrogen and oxygen atoms in total. The van der Waals surface area contributed by atoms with Gasteiger partial charge in [-0.2, -0.15) is 5.10 Å². The number of hydrogen-bond donors (Lipinski definition) is 2. The van der Waals surface area contributed by atoms with Gasteiger partial charge in [0.05, 0.1) is 5.92 Å². The molecule has 1 saturated heterocycles. The lowest BCUT2D eigenvalue weighted by Gasteiger charge is -2.17. The molecule has 2 N–H and O–H groups in total. The highest BCUT2D eigenvalue weighted by atomic mass is 16.2. The van der Waals surface area contributed by atoms with Crippen molar-refractivity contribution >= 4 is 34.8 Å². The lowest BCUT2D eigenvalue weighted by Crippen LogP contribution is -2.28. The number of carbonyl (C=O) groups excluding carboxylic acids is 3. The molecule has 0 radical (unpaired) electrons. The predicted octanol–water partition coefficient (Wildman–Crippen LogP) is 3.64. The zero-order valence-corrected chi connectivity index (χ0v) is 18.7. The molecule has 3 aromatic rings. The Kier molecular flexibility index (Phi) is 6.53. The topological polar surface area (TPSA) is 96.3 Å². The number of nitrogens with zero attached hydrogens (tertiary/aromatic N) is 3. The lowest BCUT2D eigenvalue weighted by atomic mass is 10.1. The molecule has 0 saturated carbocycles. The Hall–Kier alpha value is -3.94. The fraction of sp³-hybridized carbons (Fsp3) is 0.280.